The van der Waals surface area contributed by atoms with Crippen LogP contribution in [0.15, 0.2) is 61.2 Å². The van der Waals surface area contributed by atoms with Gasteiger partial charge in [-0.05, 0) is 62.2 Å². The van der Waals surface area contributed by atoms with Crippen molar-refractivity contribution in [3.63, 3.8) is 0 Å². The van der Waals surface area contributed by atoms with E-state index in [0.29, 0.717) is 12.1 Å². The van der Waals surface area contributed by atoms with Gasteiger partial charge in [0.05, 0.1) is 6.04 Å². The predicted octanol–water partition coefficient (Wildman–Crippen LogP) is 3.50. The van der Waals surface area contributed by atoms with E-state index in [1.807, 2.05) is 35.2 Å². The Morgan fingerprint density at radius 3 is 2.62 bits per heavy atom. The van der Waals surface area contributed by atoms with Gasteiger partial charge in [-0.25, -0.2) is 0 Å². The second kappa shape index (κ2) is 11.2. The molecule has 2 aromatic rings. The van der Waals surface area contributed by atoms with Crippen molar-refractivity contribution in [2.75, 3.05) is 45.8 Å². The molecule has 4 rings (SSSR count). The third kappa shape index (κ3) is 5.52. The lowest BCUT2D eigenvalue weighted by atomic mass is 9.92. The molecule has 2 fully saturated rings. The van der Waals surface area contributed by atoms with Gasteiger partial charge in [0.25, 0.3) is 5.91 Å². The van der Waals surface area contributed by atoms with E-state index in [0.717, 1.165) is 68.9 Å². The largest absolute Gasteiger partial charge is 0.508 e. The van der Waals surface area contributed by atoms with Crippen LogP contribution in [-0.2, 0) is 0 Å². The third-order valence-electron chi connectivity index (χ3n) is 7.15. The molecule has 1 amide bonds. The Bertz CT molecular complexity index is 969. The van der Waals surface area contributed by atoms with Crippen molar-refractivity contribution < 1.29 is 9.90 Å². The smallest absolute Gasteiger partial charge is 0.253 e. The first-order chi connectivity index (χ1) is 16.5. The summed E-state index contributed by atoms with van der Waals surface area (Å²) in [5, 5.41) is 13.6. The Morgan fingerprint density at radius 2 is 1.88 bits per heavy atom. The van der Waals surface area contributed by atoms with Crippen LogP contribution in [0.5, 0.6) is 5.75 Å². The van der Waals surface area contributed by atoms with Crippen LogP contribution in [0.2, 0.25) is 0 Å². The average molecular weight is 463 g/mol. The molecule has 34 heavy (non-hydrogen) atoms. The molecule has 0 spiro atoms. The van der Waals surface area contributed by atoms with Crippen LogP contribution in [0.3, 0.4) is 0 Å². The van der Waals surface area contributed by atoms with Crippen LogP contribution in [0.25, 0.3) is 0 Å². The van der Waals surface area contributed by atoms with Crippen LogP contribution in [0.1, 0.15) is 47.8 Å². The number of phenolic OH excluding ortho intramolecular Hbond substituents is 1. The summed E-state index contributed by atoms with van der Waals surface area (Å²) in [6, 6.07) is 16.4. The number of carbonyl (C=O) groups excluding carboxylic acids is 1. The van der Waals surface area contributed by atoms with Gasteiger partial charge >= 0.3 is 0 Å². The zero-order valence-corrected chi connectivity index (χ0v) is 20.5. The first-order valence-electron chi connectivity index (χ1n) is 12.5. The number of piperazine rings is 1. The lowest BCUT2D eigenvalue weighted by Crippen LogP contribution is -2.57. The standard InChI is InChI=1S/C28H38N4O2/c1-4-15-31-19-22(3)32(20-21(31)2)27(25-7-5-8-26(33)18-25)23-9-11-24(12-10-23)28(34)30-16-6-13-29-14-17-30/h4-5,7-12,18,21-22,27,29,33H,1,6,13-17,19-20H2,2-3H3/t21-,22+,27-/m1/s1. The summed E-state index contributed by atoms with van der Waals surface area (Å²) in [6.45, 7) is 14.6. The zero-order valence-electron chi connectivity index (χ0n) is 20.5. The van der Waals surface area contributed by atoms with Crippen LogP contribution in [0.4, 0.5) is 0 Å². The zero-order chi connectivity index (χ0) is 24.1. The fraction of sp³-hybridized carbons (Fsp3) is 0.464. The van der Waals surface area contributed by atoms with Gasteiger partial charge in [0.15, 0.2) is 0 Å². The number of aromatic hydroxyl groups is 1. The first kappa shape index (κ1) is 24.5. The minimum Gasteiger partial charge on any atom is -0.508 e. The van der Waals surface area contributed by atoms with Gasteiger partial charge in [0.2, 0.25) is 0 Å². The maximum atomic E-state index is 13.1. The van der Waals surface area contributed by atoms with E-state index in [1.165, 1.54) is 0 Å². The second-order valence-electron chi connectivity index (χ2n) is 9.65. The maximum absolute atomic E-state index is 13.1. The predicted molar refractivity (Wildman–Crippen MR) is 137 cm³/mol. The Morgan fingerprint density at radius 1 is 1.09 bits per heavy atom. The van der Waals surface area contributed by atoms with Crippen LogP contribution >= 0.6 is 0 Å². The lowest BCUT2D eigenvalue weighted by molar-refractivity contribution is 0.0306. The Hall–Kier alpha value is -2.67. The topological polar surface area (TPSA) is 59.0 Å². The van der Waals surface area contributed by atoms with E-state index < -0.39 is 0 Å². The van der Waals surface area contributed by atoms with E-state index in [1.54, 1.807) is 6.07 Å². The number of amides is 1. The molecule has 6 nitrogen and oxygen atoms in total. The summed E-state index contributed by atoms with van der Waals surface area (Å²) in [5.41, 5.74) is 2.93. The fourth-order valence-corrected chi connectivity index (χ4v) is 5.31. The maximum Gasteiger partial charge on any atom is 0.253 e. The van der Waals surface area contributed by atoms with Gasteiger partial charge in [-0.1, -0.05) is 30.3 Å². The molecule has 6 heteroatoms. The molecule has 0 aliphatic carbocycles. The molecule has 0 bridgehead atoms. The lowest BCUT2D eigenvalue weighted by Gasteiger charge is -2.47. The normalized spacial score (nSPS) is 23.3. The van der Waals surface area contributed by atoms with Crippen molar-refractivity contribution >= 4 is 5.91 Å². The Balaban J connectivity index is 1.62. The van der Waals surface area contributed by atoms with Crippen LogP contribution < -0.4 is 5.32 Å². The molecule has 2 aliphatic rings. The summed E-state index contributed by atoms with van der Waals surface area (Å²) in [4.78, 5) is 20.0. The highest BCUT2D eigenvalue weighted by Gasteiger charge is 2.34. The number of hydrogen-bond donors (Lipinski definition) is 2. The number of nitrogens with zero attached hydrogens (tertiary/aromatic N) is 3. The molecular weight excluding hydrogens is 424 g/mol. The second-order valence-corrected chi connectivity index (χ2v) is 9.65. The molecule has 0 aromatic heterocycles. The van der Waals surface area contributed by atoms with Crippen molar-refractivity contribution in [2.45, 2.75) is 38.4 Å². The van der Waals surface area contributed by atoms with Crippen molar-refractivity contribution in [3.05, 3.63) is 77.9 Å². The molecule has 2 aliphatic heterocycles. The van der Waals surface area contributed by atoms with E-state index in [9.17, 15) is 9.90 Å². The number of hydrogen-bond acceptors (Lipinski definition) is 5. The molecule has 2 aromatic carbocycles. The van der Waals surface area contributed by atoms with Gasteiger partial charge < -0.3 is 15.3 Å². The minimum absolute atomic E-state index is 0.00182. The minimum atomic E-state index is 0.00182. The fourth-order valence-electron chi connectivity index (χ4n) is 5.31. The quantitative estimate of drug-likeness (QED) is 0.644. The van der Waals surface area contributed by atoms with Gasteiger partial charge in [-0.2, -0.15) is 0 Å². The van der Waals surface area contributed by atoms with E-state index in [-0.39, 0.29) is 17.7 Å². The number of nitrogens with one attached hydrogen (secondary N) is 1. The summed E-state index contributed by atoms with van der Waals surface area (Å²) in [7, 11) is 0. The van der Waals surface area contributed by atoms with Crippen molar-refractivity contribution in [1.82, 2.24) is 20.0 Å². The highest BCUT2D eigenvalue weighted by atomic mass is 16.3. The molecule has 0 radical (unpaired) electrons. The van der Waals surface area contributed by atoms with Crippen molar-refractivity contribution in [2.24, 2.45) is 0 Å². The van der Waals surface area contributed by atoms with E-state index in [4.69, 9.17) is 0 Å². The molecular formula is C28H38N4O2. The van der Waals surface area contributed by atoms with Crippen LogP contribution in [0, 0.1) is 0 Å². The molecule has 0 unspecified atom stereocenters. The van der Waals surface area contributed by atoms with Gasteiger partial charge in [-0.15, -0.1) is 6.58 Å². The van der Waals surface area contributed by atoms with E-state index >= 15 is 0 Å². The van der Waals surface area contributed by atoms with E-state index in [2.05, 4.69) is 53.7 Å². The summed E-state index contributed by atoms with van der Waals surface area (Å²) in [5.74, 6) is 0.374. The third-order valence-corrected chi connectivity index (χ3v) is 7.15. The SMILES string of the molecule is C=CCN1C[C@H](C)N([C@H](c2ccc(C(=O)N3CCCNCC3)cc2)c2cccc(O)c2)C[C@H]1C. The molecule has 2 heterocycles. The summed E-state index contributed by atoms with van der Waals surface area (Å²) >= 11 is 0. The Kier molecular flexibility index (Phi) is 8.03. The molecule has 182 valence electrons. The highest BCUT2D eigenvalue weighted by molar-refractivity contribution is 5.94. The van der Waals surface area contributed by atoms with Crippen LogP contribution in [-0.4, -0.2) is 83.6 Å². The Labute approximate surface area is 203 Å². The summed E-state index contributed by atoms with van der Waals surface area (Å²) < 4.78 is 0. The monoisotopic (exact) mass is 462 g/mol. The van der Waals surface area contributed by atoms with Crippen molar-refractivity contribution in [3.8, 4) is 5.75 Å². The molecule has 2 N–H and O–H groups in total. The van der Waals surface area contributed by atoms with Gasteiger partial charge in [0.1, 0.15) is 5.75 Å². The number of phenols is 1. The van der Waals surface area contributed by atoms with Crippen molar-refractivity contribution in [1.29, 1.82) is 0 Å². The number of rotatable bonds is 6. The molecule has 0 saturated carbocycles. The molecule has 2 saturated heterocycles. The van der Waals surface area contributed by atoms with Gasteiger partial charge in [-0.3, -0.25) is 14.6 Å². The number of benzene rings is 2. The average Bonchev–Trinajstić information content (AvgIpc) is 3.12. The number of carbonyl (C=O) groups is 1. The first-order valence-corrected chi connectivity index (χ1v) is 12.5. The molecule has 3 atom stereocenters. The van der Waals surface area contributed by atoms with Gasteiger partial charge in [0, 0.05) is 56.9 Å². The summed E-state index contributed by atoms with van der Waals surface area (Å²) in [6.07, 6.45) is 2.96. The highest BCUT2D eigenvalue weighted by Crippen LogP contribution is 2.34.